The SMILES string of the molecule is C=CC(=O)Nc1cc(-n2cc(-c3ccc4c(c3)C3(CNC4=O)CC(F)(F)C3)c(N)n2)ccc1C. The minimum absolute atomic E-state index is 0.190. The molecule has 1 saturated carbocycles. The van der Waals surface area contributed by atoms with Crippen molar-refractivity contribution in [2.45, 2.75) is 31.1 Å². The van der Waals surface area contributed by atoms with Crippen LogP contribution >= 0.6 is 0 Å². The average Bonchev–Trinajstić information content (AvgIpc) is 3.17. The Labute approximate surface area is 194 Å². The highest BCUT2D eigenvalue weighted by molar-refractivity contribution is 6.00. The molecule has 2 aromatic carbocycles. The molecule has 7 nitrogen and oxygen atoms in total. The summed E-state index contributed by atoms with van der Waals surface area (Å²) in [5.41, 5.74) is 9.96. The van der Waals surface area contributed by atoms with E-state index in [-0.39, 0.29) is 37.0 Å². The van der Waals surface area contributed by atoms with Gasteiger partial charge in [0.15, 0.2) is 5.82 Å². The topological polar surface area (TPSA) is 102 Å². The second-order valence-corrected chi connectivity index (χ2v) is 9.00. The van der Waals surface area contributed by atoms with Crippen LogP contribution in [0.2, 0.25) is 0 Å². The first-order chi connectivity index (χ1) is 16.1. The molecule has 1 spiro atoms. The molecule has 2 heterocycles. The van der Waals surface area contributed by atoms with E-state index in [1.54, 1.807) is 35.1 Å². The molecule has 1 aliphatic heterocycles. The minimum atomic E-state index is -2.73. The number of hydrogen-bond donors (Lipinski definition) is 3. The zero-order chi connectivity index (χ0) is 24.3. The van der Waals surface area contributed by atoms with Gasteiger partial charge in [0.2, 0.25) is 11.8 Å². The van der Waals surface area contributed by atoms with E-state index >= 15 is 0 Å². The van der Waals surface area contributed by atoms with Gasteiger partial charge in [0.05, 0.1) is 5.69 Å². The normalized spacial score (nSPS) is 17.4. The fourth-order valence-corrected chi connectivity index (χ4v) is 4.86. The van der Waals surface area contributed by atoms with Crippen LogP contribution in [0.4, 0.5) is 20.3 Å². The summed E-state index contributed by atoms with van der Waals surface area (Å²) in [7, 11) is 0. The number of alkyl halides is 2. The Balaban J connectivity index is 1.53. The monoisotopic (exact) mass is 463 g/mol. The fraction of sp³-hybridized carbons (Fsp3) is 0.240. The molecule has 0 unspecified atom stereocenters. The lowest BCUT2D eigenvalue weighted by Crippen LogP contribution is -2.58. The average molecular weight is 463 g/mol. The maximum Gasteiger partial charge on any atom is 0.251 e. The van der Waals surface area contributed by atoms with Crippen LogP contribution in [0.5, 0.6) is 0 Å². The Kier molecular flexibility index (Phi) is 4.82. The van der Waals surface area contributed by atoms with Crippen molar-refractivity contribution >= 4 is 23.3 Å². The molecule has 4 N–H and O–H groups in total. The molecular weight excluding hydrogens is 440 g/mol. The lowest BCUT2D eigenvalue weighted by molar-refractivity contribution is -0.126. The van der Waals surface area contributed by atoms with Gasteiger partial charge in [0.25, 0.3) is 5.91 Å². The molecule has 0 radical (unpaired) electrons. The Bertz CT molecular complexity index is 1350. The number of nitrogens with one attached hydrogen (secondary N) is 2. The van der Waals surface area contributed by atoms with Gasteiger partial charge in [0.1, 0.15) is 0 Å². The number of amides is 2. The molecule has 1 fully saturated rings. The zero-order valence-electron chi connectivity index (χ0n) is 18.5. The first-order valence-corrected chi connectivity index (χ1v) is 10.8. The number of rotatable bonds is 4. The Morgan fingerprint density at radius 3 is 2.71 bits per heavy atom. The number of hydrogen-bond acceptors (Lipinski definition) is 4. The number of nitrogens with two attached hydrogens (primary N) is 1. The standard InChI is InChI=1S/C25H23F2N5O2/c1-3-21(33)30-20-9-16(6-4-14(20)2)32-10-18(22(28)31-32)15-5-7-17-19(8-15)24(13-29-23(17)34)11-25(26,27)12-24/h3-10H,1,11-13H2,2H3,(H2,28,31)(H,29,34)(H,30,33). The van der Waals surface area contributed by atoms with Gasteiger partial charge < -0.3 is 16.4 Å². The van der Waals surface area contributed by atoms with Gasteiger partial charge in [-0.05, 0) is 54.0 Å². The molecule has 1 aliphatic carbocycles. The van der Waals surface area contributed by atoms with Gasteiger partial charge in [-0.15, -0.1) is 0 Å². The molecule has 34 heavy (non-hydrogen) atoms. The maximum atomic E-state index is 13.8. The summed E-state index contributed by atoms with van der Waals surface area (Å²) in [5.74, 6) is -3.07. The lowest BCUT2D eigenvalue weighted by atomic mass is 9.59. The van der Waals surface area contributed by atoms with Crippen molar-refractivity contribution in [1.29, 1.82) is 0 Å². The number of nitrogens with zero attached hydrogens (tertiary/aromatic N) is 2. The molecule has 0 atom stereocenters. The van der Waals surface area contributed by atoms with Crippen molar-refractivity contribution in [1.82, 2.24) is 15.1 Å². The molecule has 174 valence electrons. The Morgan fingerprint density at radius 1 is 1.24 bits per heavy atom. The predicted octanol–water partition coefficient (Wildman–Crippen LogP) is 3.96. The Hall–Kier alpha value is -4.01. The van der Waals surface area contributed by atoms with Crippen LogP contribution in [0.1, 0.15) is 34.3 Å². The van der Waals surface area contributed by atoms with E-state index in [1.807, 2.05) is 19.1 Å². The van der Waals surface area contributed by atoms with Crippen molar-refractivity contribution < 1.29 is 18.4 Å². The molecule has 0 saturated heterocycles. The highest BCUT2D eigenvalue weighted by Gasteiger charge is 2.59. The van der Waals surface area contributed by atoms with Crippen molar-refractivity contribution in [2.75, 3.05) is 17.6 Å². The minimum Gasteiger partial charge on any atom is -0.382 e. The van der Waals surface area contributed by atoms with Crippen molar-refractivity contribution in [3.63, 3.8) is 0 Å². The first kappa shape index (κ1) is 21.8. The predicted molar refractivity (Wildman–Crippen MR) is 125 cm³/mol. The summed E-state index contributed by atoms with van der Waals surface area (Å²) in [5, 5.41) is 9.91. The summed E-state index contributed by atoms with van der Waals surface area (Å²) in [4.78, 5) is 24.1. The van der Waals surface area contributed by atoms with Gasteiger partial charge in [0, 0.05) is 47.8 Å². The van der Waals surface area contributed by atoms with Gasteiger partial charge in [-0.1, -0.05) is 18.7 Å². The van der Waals surface area contributed by atoms with Crippen LogP contribution in [0.3, 0.4) is 0 Å². The number of nitrogen functional groups attached to an aromatic ring is 1. The number of carbonyl (C=O) groups excluding carboxylic acids is 2. The van der Waals surface area contributed by atoms with E-state index in [0.717, 1.165) is 5.56 Å². The summed E-state index contributed by atoms with van der Waals surface area (Å²) in [6, 6.07) is 10.7. The highest BCUT2D eigenvalue weighted by atomic mass is 19.3. The van der Waals surface area contributed by atoms with Crippen molar-refractivity contribution in [3.8, 4) is 16.8 Å². The molecule has 9 heteroatoms. The maximum absolute atomic E-state index is 13.8. The van der Waals surface area contributed by atoms with Crippen LogP contribution in [0.15, 0.2) is 55.3 Å². The number of anilines is 2. The number of fused-ring (bicyclic) bond motifs is 2. The van der Waals surface area contributed by atoms with E-state index in [2.05, 4.69) is 22.3 Å². The van der Waals surface area contributed by atoms with Gasteiger partial charge >= 0.3 is 0 Å². The second kappa shape index (κ2) is 7.51. The van der Waals surface area contributed by atoms with Crippen molar-refractivity contribution in [2.24, 2.45) is 0 Å². The molecule has 2 aliphatic rings. The molecule has 0 bridgehead atoms. The zero-order valence-corrected chi connectivity index (χ0v) is 18.5. The quantitative estimate of drug-likeness (QED) is 0.510. The van der Waals surface area contributed by atoms with E-state index < -0.39 is 11.3 Å². The summed E-state index contributed by atoms with van der Waals surface area (Å²) in [6.45, 7) is 5.53. The largest absolute Gasteiger partial charge is 0.382 e. The van der Waals surface area contributed by atoms with E-state index in [9.17, 15) is 18.4 Å². The van der Waals surface area contributed by atoms with Gasteiger partial charge in [-0.3, -0.25) is 9.59 Å². The van der Waals surface area contributed by atoms with E-state index in [4.69, 9.17) is 5.73 Å². The van der Waals surface area contributed by atoms with Crippen molar-refractivity contribution in [3.05, 3.63) is 71.9 Å². The third-order valence-electron chi connectivity index (χ3n) is 6.60. The number of halogens is 2. The third-order valence-corrected chi connectivity index (χ3v) is 6.60. The molecule has 3 aromatic rings. The van der Waals surface area contributed by atoms with Crippen LogP contribution < -0.4 is 16.4 Å². The number of benzene rings is 2. The first-order valence-electron chi connectivity index (χ1n) is 10.8. The van der Waals surface area contributed by atoms with Gasteiger partial charge in [-0.25, -0.2) is 13.5 Å². The van der Waals surface area contributed by atoms with Gasteiger partial charge in [-0.2, -0.15) is 5.10 Å². The number of carbonyl (C=O) groups is 2. The van der Waals surface area contributed by atoms with Crippen LogP contribution in [0.25, 0.3) is 16.8 Å². The summed E-state index contributed by atoms with van der Waals surface area (Å²) >= 11 is 0. The third kappa shape index (κ3) is 3.53. The van der Waals surface area contributed by atoms with Crippen LogP contribution in [-0.2, 0) is 10.2 Å². The molecule has 5 rings (SSSR count). The second-order valence-electron chi connectivity index (χ2n) is 9.00. The Morgan fingerprint density at radius 2 is 2.00 bits per heavy atom. The number of aromatic nitrogens is 2. The van der Waals surface area contributed by atoms with E-state index in [0.29, 0.717) is 33.6 Å². The smallest absolute Gasteiger partial charge is 0.251 e. The molecule has 1 aromatic heterocycles. The fourth-order valence-electron chi connectivity index (χ4n) is 4.86. The lowest BCUT2D eigenvalue weighted by Gasteiger charge is -2.50. The summed E-state index contributed by atoms with van der Waals surface area (Å²) in [6.07, 6.45) is 2.34. The van der Waals surface area contributed by atoms with Crippen LogP contribution in [-0.4, -0.2) is 34.1 Å². The molecular formula is C25H23F2N5O2. The summed E-state index contributed by atoms with van der Waals surface area (Å²) < 4.78 is 29.2. The molecule has 2 amide bonds. The van der Waals surface area contributed by atoms with E-state index in [1.165, 1.54) is 6.08 Å². The number of aryl methyl sites for hydroxylation is 1. The van der Waals surface area contributed by atoms with Crippen LogP contribution in [0, 0.1) is 6.92 Å². The highest BCUT2D eigenvalue weighted by Crippen LogP contribution is 2.55.